The number of anilines is 1. The molecule has 0 aromatic heterocycles. The standard InChI is InChI=1S/C16H15F2N/c17-14-6-7-15(18)16(9-14)19-10-11-2-1-3-13(8-11)12-4-5-12/h1-3,6-9,12,19H,4-5,10H2. The third kappa shape index (κ3) is 2.92. The lowest BCUT2D eigenvalue weighted by atomic mass is 10.1. The van der Waals surface area contributed by atoms with E-state index in [-0.39, 0.29) is 5.69 Å². The van der Waals surface area contributed by atoms with Crippen LogP contribution in [-0.2, 0) is 6.54 Å². The highest BCUT2D eigenvalue weighted by molar-refractivity contribution is 5.45. The molecule has 0 unspecified atom stereocenters. The molecule has 0 aliphatic heterocycles. The first-order chi connectivity index (χ1) is 9.22. The number of rotatable bonds is 4. The van der Waals surface area contributed by atoms with Crippen LogP contribution in [0.3, 0.4) is 0 Å². The second kappa shape index (κ2) is 5.00. The Hall–Kier alpha value is -1.90. The van der Waals surface area contributed by atoms with Gasteiger partial charge in [0.15, 0.2) is 0 Å². The van der Waals surface area contributed by atoms with Crippen LogP contribution in [0.1, 0.15) is 29.9 Å². The summed E-state index contributed by atoms with van der Waals surface area (Å²) in [6, 6.07) is 11.7. The first-order valence-electron chi connectivity index (χ1n) is 6.50. The van der Waals surface area contributed by atoms with Crippen molar-refractivity contribution in [1.82, 2.24) is 0 Å². The maximum atomic E-state index is 13.5. The molecule has 0 spiro atoms. The highest BCUT2D eigenvalue weighted by atomic mass is 19.1. The Morgan fingerprint density at radius 3 is 2.68 bits per heavy atom. The number of hydrogen-bond acceptors (Lipinski definition) is 1. The molecule has 0 atom stereocenters. The number of benzene rings is 2. The van der Waals surface area contributed by atoms with Gasteiger partial charge in [0.25, 0.3) is 0 Å². The van der Waals surface area contributed by atoms with Gasteiger partial charge in [-0.05, 0) is 48.1 Å². The lowest BCUT2D eigenvalue weighted by Gasteiger charge is -2.09. The van der Waals surface area contributed by atoms with E-state index in [1.54, 1.807) is 0 Å². The van der Waals surface area contributed by atoms with Crippen molar-refractivity contribution in [3.05, 3.63) is 65.2 Å². The predicted octanol–water partition coefficient (Wildman–Crippen LogP) is 4.45. The maximum absolute atomic E-state index is 13.5. The molecule has 1 fully saturated rings. The van der Waals surface area contributed by atoms with Gasteiger partial charge in [-0.2, -0.15) is 0 Å². The predicted molar refractivity (Wildman–Crippen MR) is 72.1 cm³/mol. The van der Waals surface area contributed by atoms with Crippen LogP contribution in [0.2, 0.25) is 0 Å². The summed E-state index contributed by atoms with van der Waals surface area (Å²) in [4.78, 5) is 0. The van der Waals surface area contributed by atoms with Crippen LogP contribution in [0.15, 0.2) is 42.5 Å². The van der Waals surface area contributed by atoms with Crippen molar-refractivity contribution in [3.63, 3.8) is 0 Å². The van der Waals surface area contributed by atoms with Crippen LogP contribution < -0.4 is 5.32 Å². The summed E-state index contributed by atoms with van der Waals surface area (Å²) in [7, 11) is 0. The molecule has 1 aliphatic carbocycles. The van der Waals surface area contributed by atoms with Crippen LogP contribution >= 0.6 is 0 Å². The highest BCUT2D eigenvalue weighted by Gasteiger charge is 2.23. The SMILES string of the molecule is Fc1ccc(F)c(NCc2cccc(C3CC3)c2)c1. The van der Waals surface area contributed by atoms with Gasteiger partial charge in [0.05, 0.1) is 5.69 Å². The molecule has 19 heavy (non-hydrogen) atoms. The van der Waals surface area contributed by atoms with Gasteiger partial charge in [0.2, 0.25) is 0 Å². The highest BCUT2D eigenvalue weighted by Crippen LogP contribution is 2.40. The Bertz CT molecular complexity index is 591. The summed E-state index contributed by atoms with van der Waals surface area (Å²) in [6.45, 7) is 0.501. The first kappa shape index (κ1) is 12.2. The van der Waals surface area contributed by atoms with E-state index in [9.17, 15) is 8.78 Å². The Morgan fingerprint density at radius 1 is 1.05 bits per heavy atom. The topological polar surface area (TPSA) is 12.0 Å². The van der Waals surface area contributed by atoms with Crippen molar-refractivity contribution in [1.29, 1.82) is 0 Å². The minimum absolute atomic E-state index is 0.205. The van der Waals surface area contributed by atoms with Crippen LogP contribution in [0.25, 0.3) is 0 Å². The molecule has 3 heteroatoms. The lowest BCUT2D eigenvalue weighted by Crippen LogP contribution is -2.02. The smallest absolute Gasteiger partial charge is 0.146 e. The Balaban J connectivity index is 1.71. The number of hydrogen-bond donors (Lipinski definition) is 1. The third-order valence-corrected chi connectivity index (χ3v) is 3.41. The normalized spacial score (nSPS) is 14.4. The van der Waals surface area contributed by atoms with Crippen LogP contribution in [-0.4, -0.2) is 0 Å². The van der Waals surface area contributed by atoms with E-state index in [0.29, 0.717) is 12.5 Å². The zero-order valence-electron chi connectivity index (χ0n) is 10.5. The van der Waals surface area contributed by atoms with Gasteiger partial charge in [-0.25, -0.2) is 8.78 Å². The molecule has 0 saturated heterocycles. The number of nitrogens with one attached hydrogen (secondary N) is 1. The van der Waals surface area contributed by atoms with Gasteiger partial charge < -0.3 is 5.32 Å². The van der Waals surface area contributed by atoms with Gasteiger partial charge in [-0.15, -0.1) is 0 Å². The summed E-state index contributed by atoms with van der Waals surface area (Å²) in [5.41, 5.74) is 2.64. The summed E-state index contributed by atoms with van der Waals surface area (Å²) >= 11 is 0. The van der Waals surface area contributed by atoms with Crippen molar-refractivity contribution in [2.75, 3.05) is 5.32 Å². The summed E-state index contributed by atoms with van der Waals surface area (Å²) < 4.78 is 26.5. The minimum Gasteiger partial charge on any atom is -0.379 e. The van der Waals surface area contributed by atoms with Crippen molar-refractivity contribution < 1.29 is 8.78 Å². The van der Waals surface area contributed by atoms with E-state index >= 15 is 0 Å². The average Bonchev–Trinajstić information content (AvgIpc) is 3.25. The second-order valence-electron chi connectivity index (χ2n) is 5.00. The van der Waals surface area contributed by atoms with Crippen molar-refractivity contribution in [3.8, 4) is 0 Å². The molecule has 98 valence electrons. The fourth-order valence-corrected chi connectivity index (χ4v) is 2.20. The molecule has 0 amide bonds. The van der Waals surface area contributed by atoms with Crippen molar-refractivity contribution >= 4 is 5.69 Å². The largest absolute Gasteiger partial charge is 0.379 e. The van der Waals surface area contributed by atoms with Crippen LogP contribution in [0, 0.1) is 11.6 Å². The Labute approximate surface area is 111 Å². The number of halogens is 2. The van der Waals surface area contributed by atoms with E-state index in [1.165, 1.54) is 24.5 Å². The lowest BCUT2D eigenvalue weighted by molar-refractivity contribution is 0.602. The van der Waals surface area contributed by atoms with Crippen LogP contribution in [0.4, 0.5) is 14.5 Å². The van der Waals surface area contributed by atoms with E-state index in [1.807, 2.05) is 12.1 Å². The van der Waals surface area contributed by atoms with E-state index in [2.05, 4.69) is 17.4 Å². The molecule has 3 rings (SSSR count). The molecule has 0 radical (unpaired) electrons. The zero-order valence-corrected chi connectivity index (χ0v) is 10.5. The van der Waals surface area contributed by atoms with Crippen molar-refractivity contribution in [2.24, 2.45) is 0 Å². The molecule has 0 heterocycles. The van der Waals surface area contributed by atoms with Gasteiger partial charge in [-0.1, -0.05) is 24.3 Å². The summed E-state index contributed by atoms with van der Waals surface area (Å²) in [5.74, 6) is -0.166. The monoisotopic (exact) mass is 259 g/mol. The second-order valence-corrected chi connectivity index (χ2v) is 5.00. The van der Waals surface area contributed by atoms with Crippen molar-refractivity contribution in [2.45, 2.75) is 25.3 Å². The fourth-order valence-electron chi connectivity index (χ4n) is 2.20. The summed E-state index contributed by atoms with van der Waals surface area (Å²) in [5, 5.41) is 2.94. The third-order valence-electron chi connectivity index (χ3n) is 3.41. The first-order valence-corrected chi connectivity index (χ1v) is 6.50. The molecule has 0 bridgehead atoms. The summed E-state index contributed by atoms with van der Waals surface area (Å²) in [6.07, 6.45) is 2.52. The molecule has 1 nitrogen and oxygen atoms in total. The molecule has 2 aromatic carbocycles. The Morgan fingerprint density at radius 2 is 1.89 bits per heavy atom. The molecule has 1 N–H and O–H groups in total. The average molecular weight is 259 g/mol. The van der Waals surface area contributed by atoms with Gasteiger partial charge >= 0.3 is 0 Å². The van der Waals surface area contributed by atoms with E-state index in [4.69, 9.17) is 0 Å². The molecule has 1 aliphatic rings. The van der Waals surface area contributed by atoms with E-state index < -0.39 is 11.6 Å². The zero-order chi connectivity index (χ0) is 13.2. The van der Waals surface area contributed by atoms with Gasteiger partial charge in [0, 0.05) is 6.54 Å². The minimum atomic E-state index is -0.435. The maximum Gasteiger partial charge on any atom is 0.146 e. The van der Waals surface area contributed by atoms with E-state index in [0.717, 1.165) is 17.7 Å². The van der Waals surface area contributed by atoms with Crippen LogP contribution in [0.5, 0.6) is 0 Å². The fraction of sp³-hybridized carbons (Fsp3) is 0.250. The van der Waals surface area contributed by atoms with Gasteiger partial charge in [0.1, 0.15) is 11.6 Å². The van der Waals surface area contributed by atoms with Gasteiger partial charge in [-0.3, -0.25) is 0 Å². The quantitative estimate of drug-likeness (QED) is 0.855. The molecule has 2 aromatic rings. The molecular formula is C16H15F2N. The Kier molecular flexibility index (Phi) is 3.20. The molecular weight excluding hydrogens is 244 g/mol. The molecule has 1 saturated carbocycles.